The van der Waals surface area contributed by atoms with Crippen LogP contribution in [-0.4, -0.2) is 25.7 Å². The highest BCUT2D eigenvalue weighted by Crippen LogP contribution is 2.28. The van der Waals surface area contributed by atoms with Crippen molar-refractivity contribution >= 4 is 33.4 Å². The van der Waals surface area contributed by atoms with Gasteiger partial charge in [-0.1, -0.05) is 43.6 Å². The number of carbonyl (C=O) groups excluding carboxylic acids is 1. The average molecular weight is 427 g/mol. The van der Waals surface area contributed by atoms with Crippen LogP contribution in [0.3, 0.4) is 0 Å². The Hall–Kier alpha value is -1.72. The van der Waals surface area contributed by atoms with Crippen LogP contribution < -0.4 is 14.8 Å². The van der Waals surface area contributed by atoms with E-state index in [9.17, 15) is 4.79 Å². The van der Waals surface area contributed by atoms with Gasteiger partial charge in [0.1, 0.15) is 18.1 Å². The number of hydrogen-bond acceptors (Lipinski definition) is 3. The first-order valence-corrected chi connectivity index (χ1v) is 9.20. The number of amides is 1. The molecule has 2 aromatic rings. The lowest BCUT2D eigenvalue weighted by Crippen LogP contribution is -2.32. The molecule has 0 saturated carbocycles. The van der Waals surface area contributed by atoms with E-state index in [-0.39, 0.29) is 12.5 Å². The standard InChI is InChI=1S/C19H21BrClNO3/c1-13(2)14-7-8-17(15(20)11-14)25-12-19(23)22-9-10-24-18-6-4-3-5-16(18)21/h3-8,11,13H,9-10,12H2,1-2H3,(H,22,23). The van der Waals surface area contributed by atoms with Gasteiger partial charge in [0.2, 0.25) is 0 Å². The van der Waals surface area contributed by atoms with E-state index >= 15 is 0 Å². The number of ether oxygens (including phenoxy) is 2. The van der Waals surface area contributed by atoms with Gasteiger partial charge in [0.15, 0.2) is 6.61 Å². The van der Waals surface area contributed by atoms with E-state index in [1.807, 2.05) is 30.3 Å². The Labute approximate surface area is 161 Å². The van der Waals surface area contributed by atoms with Crippen molar-refractivity contribution in [3.63, 3.8) is 0 Å². The third kappa shape index (κ3) is 6.25. The van der Waals surface area contributed by atoms with E-state index in [0.717, 1.165) is 4.47 Å². The van der Waals surface area contributed by atoms with Crippen LogP contribution in [0, 0.1) is 0 Å². The largest absolute Gasteiger partial charge is 0.490 e. The Morgan fingerprint density at radius 3 is 2.60 bits per heavy atom. The maximum atomic E-state index is 11.8. The summed E-state index contributed by atoms with van der Waals surface area (Å²) < 4.78 is 11.9. The topological polar surface area (TPSA) is 47.6 Å². The molecule has 4 nitrogen and oxygen atoms in total. The summed E-state index contributed by atoms with van der Waals surface area (Å²) in [7, 11) is 0. The van der Waals surface area contributed by atoms with Gasteiger partial charge in [-0.3, -0.25) is 4.79 Å². The van der Waals surface area contributed by atoms with Crippen molar-refractivity contribution in [3.8, 4) is 11.5 Å². The highest BCUT2D eigenvalue weighted by Gasteiger charge is 2.08. The second-order valence-electron chi connectivity index (χ2n) is 5.76. The summed E-state index contributed by atoms with van der Waals surface area (Å²) >= 11 is 9.46. The third-order valence-electron chi connectivity index (χ3n) is 3.50. The molecule has 1 amide bonds. The van der Waals surface area contributed by atoms with Gasteiger partial charge in [0.25, 0.3) is 5.91 Å². The fraction of sp³-hybridized carbons (Fsp3) is 0.316. The van der Waals surface area contributed by atoms with E-state index in [1.165, 1.54) is 5.56 Å². The van der Waals surface area contributed by atoms with Crippen molar-refractivity contribution in [2.75, 3.05) is 19.8 Å². The van der Waals surface area contributed by atoms with Crippen LogP contribution in [0.5, 0.6) is 11.5 Å². The molecular formula is C19H21BrClNO3. The Morgan fingerprint density at radius 1 is 1.16 bits per heavy atom. The predicted molar refractivity (Wildman–Crippen MR) is 104 cm³/mol. The Balaban J connectivity index is 1.71. The fourth-order valence-corrected chi connectivity index (χ4v) is 2.80. The average Bonchev–Trinajstić information content (AvgIpc) is 2.59. The van der Waals surface area contributed by atoms with E-state index in [4.69, 9.17) is 21.1 Å². The molecule has 0 saturated heterocycles. The normalized spacial score (nSPS) is 10.6. The Bertz CT molecular complexity index is 722. The summed E-state index contributed by atoms with van der Waals surface area (Å²) in [6.07, 6.45) is 0. The van der Waals surface area contributed by atoms with Gasteiger partial charge in [-0.2, -0.15) is 0 Å². The van der Waals surface area contributed by atoms with Gasteiger partial charge in [-0.15, -0.1) is 0 Å². The molecule has 0 aliphatic heterocycles. The lowest BCUT2D eigenvalue weighted by molar-refractivity contribution is -0.123. The number of benzene rings is 2. The smallest absolute Gasteiger partial charge is 0.258 e. The second-order valence-corrected chi connectivity index (χ2v) is 7.02. The maximum Gasteiger partial charge on any atom is 0.258 e. The van der Waals surface area contributed by atoms with Gasteiger partial charge >= 0.3 is 0 Å². The van der Waals surface area contributed by atoms with Crippen LogP contribution in [0.15, 0.2) is 46.9 Å². The number of halogens is 2. The van der Waals surface area contributed by atoms with Crippen molar-refractivity contribution < 1.29 is 14.3 Å². The molecule has 0 aliphatic rings. The molecule has 0 spiro atoms. The van der Waals surface area contributed by atoms with Crippen molar-refractivity contribution in [1.82, 2.24) is 5.32 Å². The molecule has 0 aromatic heterocycles. The number of rotatable bonds is 8. The summed E-state index contributed by atoms with van der Waals surface area (Å²) in [5.41, 5.74) is 1.21. The van der Waals surface area contributed by atoms with Crippen molar-refractivity contribution in [2.24, 2.45) is 0 Å². The van der Waals surface area contributed by atoms with Crippen molar-refractivity contribution in [1.29, 1.82) is 0 Å². The van der Waals surface area contributed by atoms with Crippen LogP contribution in [0.2, 0.25) is 5.02 Å². The molecule has 0 unspecified atom stereocenters. The van der Waals surface area contributed by atoms with Crippen LogP contribution in [-0.2, 0) is 4.79 Å². The van der Waals surface area contributed by atoms with Crippen molar-refractivity contribution in [3.05, 3.63) is 57.5 Å². The highest BCUT2D eigenvalue weighted by atomic mass is 79.9. The van der Waals surface area contributed by atoms with Crippen LogP contribution >= 0.6 is 27.5 Å². The molecule has 2 aromatic carbocycles. The molecule has 1 N–H and O–H groups in total. The lowest BCUT2D eigenvalue weighted by atomic mass is 10.0. The molecule has 0 fully saturated rings. The minimum Gasteiger partial charge on any atom is -0.490 e. The summed E-state index contributed by atoms with van der Waals surface area (Å²) in [6.45, 7) is 4.91. The summed E-state index contributed by atoms with van der Waals surface area (Å²) in [5, 5.41) is 3.29. The number of para-hydroxylation sites is 1. The van der Waals surface area contributed by atoms with E-state index in [2.05, 4.69) is 35.1 Å². The van der Waals surface area contributed by atoms with Crippen LogP contribution in [0.4, 0.5) is 0 Å². The molecule has 6 heteroatoms. The maximum absolute atomic E-state index is 11.8. The zero-order chi connectivity index (χ0) is 18.2. The number of hydrogen-bond donors (Lipinski definition) is 1. The van der Waals surface area contributed by atoms with Gasteiger partial charge in [0, 0.05) is 0 Å². The summed E-state index contributed by atoms with van der Waals surface area (Å²) in [6, 6.07) is 13.1. The first kappa shape index (κ1) is 19.6. The van der Waals surface area contributed by atoms with E-state index < -0.39 is 0 Å². The minimum atomic E-state index is -0.206. The molecular weight excluding hydrogens is 406 g/mol. The molecule has 25 heavy (non-hydrogen) atoms. The molecule has 0 radical (unpaired) electrons. The molecule has 0 aliphatic carbocycles. The fourth-order valence-electron chi connectivity index (χ4n) is 2.10. The summed E-state index contributed by atoms with van der Waals surface area (Å²) in [5.74, 6) is 1.48. The molecule has 0 heterocycles. The molecule has 134 valence electrons. The van der Waals surface area contributed by atoms with Gasteiger partial charge in [0.05, 0.1) is 16.0 Å². The first-order chi connectivity index (χ1) is 12.0. The first-order valence-electron chi connectivity index (χ1n) is 8.03. The van der Waals surface area contributed by atoms with Crippen molar-refractivity contribution in [2.45, 2.75) is 19.8 Å². The van der Waals surface area contributed by atoms with Crippen LogP contribution in [0.1, 0.15) is 25.3 Å². The monoisotopic (exact) mass is 425 g/mol. The lowest BCUT2D eigenvalue weighted by Gasteiger charge is -2.12. The molecule has 2 rings (SSSR count). The zero-order valence-corrected chi connectivity index (χ0v) is 16.6. The predicted octanol–water partition coefficient (Wildman–Crippen LogP) is 4.80. The highest BCUT2D eigenvalue weighted by molar-refractivity contribution is 9.10. The Kier molecular flexibility index (Phi) is 7.59. The Morgan fingerprint density at radius 2 is 1.92 bits per heavy atom. The second kappa shape index (κ2) is 9.68. The number of nitrogens with one attached hydrogen (secondary N) is 1. The third-order valence-corrected chi connectivity index (χ3v) is 4.43. The molecule has 0 bridgehead atoms. The number of carbonyl (C=O) groups is 1. The van der Waals surface area contributed by atoms with Crippen LogP contribution in [0.25, 0.3) is 0 Å². The van der Waals surface area contributed by atoms with Gasteiger partial charge in [-0.05, 0) is 51.7 Å². The summed E-state index contributed by atoms with van der Waals surface area (Å²) in [4.78, 5) is 11.8. The minimum absolute atomic E-state index is 0.0499. The molecule has 0 atom stereocenters. The zero-order valence-electron chi connectivity index (χ0n) is 14.2. The van der Waals surface area contributed by atoms with Gasteiger partial charge in [-0.25, -0.2) is 0 Å². The van der Waals surface area contributed by atoms with E-state index in [1.54, 1.807) is 12.1 Å². The SMILES string of the molecule is CC(C)c1ccc(OCC(=O)NCCOc2ccccc2Cl)c(Br)c1. The van der Waals surface area contributed by atoms with Gasteiger partial charge < -0.3 is 14.8 Å². The van der Waals surface area contributed by atoms with E-state index in [0.29, 0.717) is 35.6 Å². The quantitative estimate of drug-likeness (QED) is 0.617.